The van der Waals surface area contributed by atoms with Gasteiger partial charge in [-0.25, -0.2) is 4.98 Å². The first kappa shape index (κ1) is 15.8. The van der Waals surface area contributed by atoms with Gasteiger partial charge in [-0.05, 0) is 30.5 Å². The molecule has 7 nitrogen and oxygen atoms in total. The number of aromatic nitrogens is 2. The Labute approximate surface area is 144 Å². The third-order valence-electron chi connectivity index (χ3n) is 5.06. The minimum absolute atomic E-state index is 0.0401. The number of carbonyl (C=O) groups is 1. The molecule has 2 N–H and O–H groups in total. The molecule has 0 spiro atoms. The van der Waals surface area contributed by atoms with E-state index in [1.54, 1.807) is 11.0 Å². The van der Waals surface area contributed by atoms with Crippen molar-refractivity contribution in [3.05, 3.63) is 40.9 Å². The van der Waals surface area contributed by atoms with Gasteiger partial charge >= 0.3 is 0 Å². The molecule has 3 aromatic rings. The van der Waals surface area contributed by atoms with Crippen molar-refractivity contribution >= 4 is 28.0 Å². The molecule has 1 unspecified atom stereocenters. The van der Waals surface area contributed by atoms with Crippen molar-refractivity contribution in [2.75, 3.05) is 19.6 Å². The fourth-order valence-corrected chi connectivity index (χ4v) is 3.38. The van der Waals surface area contributed by atoms with Crippen molar-refractivity contribution < 1.29 is 9.21 Å². The summed E-state index contributed by atoms with van der Waals surface area (Å²) < 4.78 is 6.95. The summed E-state index contributed by atoms with van der Waals surface area (Å²) in [5.74, 6) is -0.100. The summed E-state index contributed by atoms with van der Waals surface area (Å²) in [6.45, 7) is 3.87. The lowest BCUT2D eigenvalue weighted by atomic mass is 9.90. The lowest BCUT2D eigenvalue weighted by Crippen LogP contribution is -2.37. The van der Waals surface area contributed by atoms with Gasteiger partial charge in [-0.15, -0.1) is 0 Å². The first-order chi connectivity index (χ1) is 12.0. The van der Waals surface area contributed by atoms with E-state index < -0.39 is 0 Å². The quantitative estimate of drug-likeness (QED) is 0.776. The lowest BCUT2D eigenvalue weighted by molar-refractivity contribution is -0.131. The van der Waals surface area contributed by atoms with Crippen LogP contribution < -0.4 is 11.3 Å². The lowest BCUT2D eigenvalue weighted by Gasteiger charge is -2.22. The summed E-state index contributed by atoms with van der Waals surface area (Å²) in [6.07, 6.45) is 2.30. The van der Waals surface area contributed by atoms with E-state index >= 15 is 0 Å². The minimum Gasteiger partial charge on any atom is -0.448 e. The molecule has 1 aliphatic rings. The van der Waals surface area contributed by atoms with Crippen molar-refractivity contribution in [3.63, 3.8) is 0 Å². The van der Waals surface area contributed by atoms with Crippen LogP contribution in [0, 0.1) is 5.41 Å². The van der Waals surface area contributed by atoms with Gasteiger partial charge < -0.3 is 15.1 Å². The summed E-state index contributed by atoms with van der Waals surface area (Å²) in [5.41, 5.74) is 6.74. The van der Waals surface area contributed by atoms with Gasteiger partial charge in [0.2, 0.25) is 11.5 Å². The monoisotopic (exact) mass is 340 g/mol. The molecule has 0 saturated carbocycles. The number of furan rings is 1. The van der Waals surface area contributed by atoms with E-state index in [9.17, 15) is 9.59 Å². The Bertz CT molecular complexity index is 1020. The van der Waals surface area contributed by atoms with Crippen LogP contribution in [-0.2, 0) is 11.3 Å². The molecule has 1 saturated heterocycles. The molecule has 1 aliphatic heterocycles. The zero-order valence-electron chi connectivity index (χ0n) is 14.1. The van der Waals surface area contributed by atoms with Crippen LogP contribution in [0.5, 0.6) is 0 Å². The molecule has 0 bridgehead atoms. The molecule has 4 rings (SSSR count). The fourth-order valence-electron chi connectivity index (χ4n) is 3.38. The number of hydrogen-bond donors (Lipinski definition) is 1. The number of nitrogens with two attached hydrogens (primary N) is 1. The van der Waals surface area contributed by atoms with Gasteiger partial charge in [0.05, 0.1) is 6.33 Å². The van der Waals surface area contributed by atoms with Gasteiger partial charge in [0.15, 0.2) is 0 Å². The molecule has 130 valence electrons. The maximum atomic E-state index is 12.7. The molecule has 0 aliphatic carbocycles. The normalized spacial score (nSPS) is 20.6. The Hall–Kier alpha value is -2.67. The summed E-state index contributed by atoms with van der Waals surface area (Å²) in [6, 6.07) is 7.37. The van der Waals surface area contributed by atoms with E-state index in [-0.39, 0.29) is 29.0 Å². The maximum absolute atomic E-state index is 12.7. The third-order valence-corrected chi connectivity index (χ3v) is 5.06. The highest BCUT2D eigenvalue weighted by Crippen LogP contribution is 2.28. The molecule has 1 fully saturated rings. The molecule has 0 radical (unpaired) electrons. The van der Waals surface area contributed by atoms with Gasteiger partial charge in [0.25, 0.3) is 5.56 Å². The Kier molecular flexibility index (Phi) is 3.61. The average Bonchev–Trinajstić information content (AvgIpc) is 3.19. The number of amides is 1. The van der Waals surface area contributed by atoms with Crippen molar-refractivity contribution in [2.24, 2.45) is 11.1 Å². The standard InChI is InChI=1S/C18H20N4O3/c1-18(9-19)6-7-21(10-18)14(23)8-22-11-20-15-12-4-2-3-5-13(12)25-16(15)17(22)24/h2-5,11H,6-10,19H2,1H3. The largest absolute Gasteiger partial charge is 0.448 e. The number of rotatable bonds is 3. The van der Waals surface area contributed by atoms with Crippen molar-refractivity contribution in [3.8, 4) is 0 Å². The van der Waals surface area contributed by atoms with E-state index in [0.717, 1.165) is 11.8 Å². The predicted molar refractivity (Wildman–Crippen MR) is 94.1 cm³/mol. The summed E-state index contributed by atoms with van der Waals surface area (Å²) in [7, 11) is 0. The van der Waals surface area contributed by atoms with Crippen LogP contribution in [0.25, 0.3) is 22.1 Å². The first-order valence-electron chi connectivity index (χ1n) is 8.35. The molecule has 25 heavy (non-hydrogen) atoms. The molecule has 1 atom stereocenters. The van der Waals surface area contributed by atoms with Gasteiger partial charge in [-0.1, -0.05) is 19.1 Å². The highest BCUT2D eigenvalue weighted by molar-refractivity contribution is 6.01. The van der Waals surface area contributed by atoms with E-state index in [0.29, 0.717) is 30.7 Å². The van der Waals surface area contributed by atoms with Crippen LogP contribution in [0.3, 0.4) is 0 Å². The summed E-state index contributed by atoms with van der Waals surface area (Å²) >= 11 is 0. The van der Waals surface area contributed by atoms with Crippen LogP contribution in [0.2, 0.25) is 0 Å². The molecule has 1 aromatic carbocycles. The Balaban J connectivity index is 1.64. The third kappa shape index (κ3) is 2.60. The van der Waals surface area contributed by atoms with Crippen LogP contribution in [0.15, 0.2) is 39.8 Å². The highest BCUT2D eigenvalue weighted by atomic mass is 16.3. The van der Waals surface area contributed by atoms with Crippen molar-refractivity contribution in [2.45, 2.75) is 19.9 Å². The van der Waals surface area contributed by atoms with Gasteiger partial charge in [-0.3, -0.25) is 14.2 Å². The SMILES string of the molecule is CC1(CN)CCN(C(=O)Cn2cnc3c(oc4ccccc43)c2=O)C1. The van der Waals surface area contributed by atoms with Gasteiger partial charge in [0, 0.05) is 18.5 Å². The van der Waals surface area contributed by atoms with E-state index in [2.05, 4.69) is 11.9 Å². The molecule has 1 amide bonds. The number of likely N-dealkylation sites (tertiary alicyclic amines) is 1. The van der Waals surface area contributed by atoms with Crippen LogP contribution in [0.1, 0.15) is 13.3 Å². The highest BCUT2D eigenvalue weighted by Gasteiger charge is 2.34. The Morgan fingerprint density at radius 1 is 1.40 bits per heavy atom. The number of carbonyl (C=O) groups excluding carboxylic acids is 1. The molecule has 2 aromatic heterocycles. The van der Waals surface area contributed by atoms with E-state index in [1.807, 2.05) is 18.2 Å². The second-order valence-electron chi connectivity index (χ2n) is 7.03. The molecule has 7 heteroatoms. The summed E-state index contributed by atoms with van der Waals surface area (Å²) in [4.78, 5) is 31.3. The topological polar surface area (TPSA) is 94.4 Å². The number of para-hydroxylation sites is 1. The molecular formula is C18H20N4O3. The minimum atomic E-state index is -0.338. The van der Waals surface area contributed by atoms with Gasteiger partial charge in [0.1, 0.15) is 17.6 Å². The molecular weight excluding hydrogens is 320 g/mol. The Morgan fingerprint density at radius 2 is 2.20 bits per heavy atom. The van der Waals surface area contributed by atoms with E-state index in [1.165, 1.54) is 10.9 Å². The predicted octanol–water partition coefficient (Wildman–Crippen LogP) is 1.34. The number of nitrogens with zero attached hydrogens (tertiary/aromatic N) is 3. The van der Waals surface area contributed by atoms with Crippen LogP contribution in [-0.4, -0.2) is 40.0 Å². The maximum Gasteiger partial charge on any atom is 0.297 e. The fraction of sp³-hybridized carbons (Fsp3) is 0.389. The summed E-state index contributed by atoms with van der Waals surface area (Å²) in [5, 5.41) is 0.798. The van der Waals surface area contributed by atoms with Crippen molar-refractivity contribution in [1.82, 2.24) is 14.5 Å². The second-order valence-corrected chi connectivity index (χ2v) is 7.03. The Morgan fingerprint density at radius 3 is 2.96 bits per heavy atom. The zero-order chi connectivity index (χ0) is 17.6. The first-order valence-corrected chi connectivity index (χ1v) is 8.35. The van der Waals surface area contributed by atoms with Crippen molar-refractivity contribution in [1.29, 1.82) is 0 Å². The smallest absolute Gasteiger partial charge is 0.297 e. The number of hydrogen-bond acceptors (Lipinski definition) is 5. The average molecular weight is 340 g/mol. The second kappa shape index (κ2) is 5.70. The van der Waals surface area contributed by atoms with Crippen LogP contribution >= 0.6 is 0 Å². The number of fused-ring (bicyclic) bond motifs is 3. The van der Waals surface area contributed by atoms with E-state index in [4.69, 9.17) is 10.2 Å². The van der Waals surface area contributed by atoms with Gasteiger partial charge in [-0.2, -0.15) is 0 Å². The molecule has 3 heterocycles. The number of benzene rings is 1. The van der Waals surface area contributed by atoms with Crippen LogP contribution in [0.4, 0.5) is 0 Å². The zero-order valence-corrected chi connectivity index (χ0v) is 14.1.